The van der Waals surface area contributed by atoms with Gasteiger partial charge in [0.15, 0.2) is 0 Å². The molecule has 0 radical (unpaired) electrons. The van der Waals surface area contributed by atoms with Gasteiger partial charge in [-0.25, -0.2) is 5.48 Å². The van der Waals surface area contributed by atoms with Crippen LogP contribution >= 0.6 is 0 Å². The summed E-state index contributed by atoms with van der Waals surface area (Å²) < 4.78 is 0. The van der Waals surface area contributed by atoms with E-state index in [9.17, 15) is 14.4 Å². The Labute approximate surface area is 120 Å². The summed E-state index contributed by atoms with van der Waals surface area (Å²) in [6.07, 6.45) is 0.666. The zero-order valence-corrected chi connectivity index (χ0v) is 10.9. The molecule has 0 aromatic heterocycles. The van der Waals surface area contributed by atoms with Crippen molar-refractivity contribution in [3.8, 4) is 0 Å². The molecule has 0 fully saturated rings. The number of anilines is 1. The number of benzene rings is 2. The third kappa shape index (κ3) is 3.52. The second kappa shape index (κ2) is 6.44. The molecular weight excluding hydrogens is 272 g/mol. The van der Waals surface area contributed by atoms with Gasteiger partial charge in [-0.15, -0.1) is 0 Å². The Morgan fingerprint density at radius 1 is 0.952 bits per heavy atom. The average Bonchev–Trinajstić information content (AvgIpc) is 2.54. The Bertz CT molecular complexity index is 680. The first-order chi connectivity index (χ1) is 10.1. The van der Waals surface area contributed by atoms with Crippen LogP contribution in [0.25, 0.3) is 0 Å². The Kier molecular flexibility index (Phi) is 4.43. The van der Waals surface area contributed by atoms with Crippen LogP contribution in [0.1, 0.15) is 31.1 Å². The first-order valence-corrected chi connectivity index (χ1v) is 6.05. The maximum Gasteiger partial charge on any atom is 0.274 e. The monoisotopic (exact) mass is 284 g/mol. The number of carbonyl (C=O) groups is 3. The molecule has 0 saturated heterocycles. The third-order valence-electron chi connectivity index (χ3n) is 2.79. The summed E-state index contributed by atoms with van der Waals surface area (Å²) in [5, 5.41) is 11.1. The van der Waals surface area contributed by atoms with Crippen LogP contribution in [0.3, 0.4) is 0 Å². The van der Waals surface area contributed by atoms with Gasteiger partial charge < -0.3 is 5.32 Å². The van der Waals surface area contributed by atoms with Crippen molar-refractivity contribution in [3.63, 3.8) is 0 Å². The molecule has 6 nitrogen and oxygen atoms in total. The van der Waals surface area contributed by atoms with Crippen LogP contribution in [-0.4, -0.2) is 23.3 Å². The van der Waals surface area contributed by atoms with Crippen LogP contribution in [-0.2, 0) is 0 Å². The van der Waals surface area contributed by atoms with Gasteiger partial charge in [0.2, 0.25) is 0 Å². The van der Waals surface area contributed by atoms with Gasteiger partial charge in [0, 0.05) is 22.4 Å². The lowest BCUT2D eigenvalue weighted by Gasteiger charge is -2.06. The highest BCUT2D eigenvalue weighted by molar-refractivity contribution is 6.05. The first kappa shape index (κ1) is 14.4. The molecule has 6 heteroatoms. The Morgan fingerprint density at radius 2 is 1.67 bits per heavy atom. The number of nitrogens with one attached hydrogen (secondary N) is 2. The number of rotatable bonds is 4. The molecule has 0 heterocycles. The molecule has 0 spiro atoms. The largest absolute Gasteiger partial charge is 0.322 e. The maximum absolute atomic E-state index is 12.0. The highest BCUT2D eigenvalue weighted by Gasteiger charge is 2.08. The van der Waals surface area contributed by atoms with E-state index < -0.39 is 5.91 Å². The van der Waals surface area contributed by atoms with Crippen molar-refractivity contribution in [2.24, 2.45) is 0 Å². The number of hydrogen-bond donors (Lipinski definition) is 3. The maximum atomic E-state index is 12.0. The van der Waals surface area contributed by atoms with Gasteiger partial charge in [0.05, 0.1) is 0 Å². The number of hydroxylamine groups is 1. The Hall–Kier alpha value is -2.99. The number of hydrogen-bond acceptors (Lipinski definition) is 4. The lowest BCUT2D eigenvalue weighted by atomic mass is 10.1. The van der Waals surface area contributed by atoms with Crippen LogP contribution < -0.4 is 10.8 Å². The van der Waals surface area contributed by atoms with Crippen molar-refractivity contribution in [1.82, 2.24) is 5.48 Å². The van der Waals surface area contributed by atoms with Crippen molar-refractivity contribution < 1.29 is 19.6 Å². The molecule has 3 N–H and O–H groups in total. The lowest BCUT2D eigenvalue weighted by molar-refractivity contribution is 0.0706. The second-order valence-electron chi connectivity index (χ2n) is 4.22. The molecule has 0 saturated carbocycles. The summed E-state index contributed by atoms with van der Waals surface area (Å²) in [5.74, 6) is -0.996. The second-order valence-corrected chi connectivity index (χ2v) is 4.22. The van der Waals surface area contributed by atoms with Crippen molar-refractivity contribution in [2.75, 3.05) is 5.32 Å². The fourth-order valence-electron chi connectivity index (χ4n) is 1.73. The minimum Gasteiger partial charge on any atom is -0.322 e. The minimum atomic E-state index is -0.633. The summed E-state index contributed by atoms with van der Waals surface area (Å²) in [7, 11) is 0. The zero-order chi connectivity index (χ0) is 15.2. The fraction of sp³-hybridized carbons (Fsp3) is 0. The molecular formula is C15H12N2O4. The zero-order valence-electron chi connectivity index (χ0n) is 10.9. The third-order valence-corrected chi connectivity index (χ3v) is 2.79. The molecule has 2 rings (SSSR count). The van der Waals surface area contributed by atoms with Crippen molar-refractivity contribution in [2.45, 2.75) is 0 Å². The summed E-state index contributed by atoms with van der Waals surface area (Å²) in [6.45, 7) is 0. The van der Waals surface area contributed by atoms with E-state index in [0.29, 0.717) is 23.1 Å². The van der Waals surface area contributed by atoms with Gasteiger partial charge in [0.25, 0.3) is 11.8 Å². The smallest absolute Gasteiger partial charge is 0.274 e. The average molecular weight is 284 g/mol. The van der Waals surface area contributed by atoms with E-state index in [0.717, 1.165) is 0 Å². The van der Waals surface area contributed by atoms with Crippen LogP contribution in [0.5, 0.6) is 0 Å². The van der Waals surface area contributed by atoms with Gasteiger partial charge in [-0.1, -0.05) is 12.1 Å². The molecule has 0 bridgehead atoms. The van der Waals surface area contributed by atoms with E-state index in [1.165, 1.54) is 35.8 Å². The van der Waals surface area contributed by atoms with Crippen molar-refractivity contribution in [1.29, 1.82) is 0 Å². The standard InChI is InChI=1S/C15H12N2O4/c18-9-10-2-1-3-12(8-10)14(19)16-13-6-4-11(5-7-13)15(20)17-21/h1-9,21H,(H,16,19)(H,17,20). The molecule has 106 valence electrons. The highest BCUT2D eigenvalue weighted by Crippen LogP contribution is 2.12. The number of carbonyl (C=O) groups excluding carboxylic acids is 3. The number of aldehydes is 1. The molecule has 0 atom stereocenters. The SMILES string of the molecule is O=Cc1cccc(C(=O)Nc2ccc(C(=O)NO)cc2)c1. The quantitative estimate of drug-likeness (QED) is 0.453. The van der Waals surface area contributed by atoms with Gasteiger partial charge in [-0.3, -0.25) is 19.6 Å². The predicted octanol–water partition coefficient (Wildman–Crippen LogP) is 1.87. The Balaban J connectivity index is 2.12. The van der Waals surface area contributed by atoms with Crippen LogP contribution in [0, 0.1) is 0 Å². The first-order valence-electron chi connectivity index (χ1n) is 6.05. The molecule has 0 aliphatic rings. The molecule has 2 amide bonds. The van der Waals surface area contributed by atoms with Crippen LogP contribution in [0.15, 0.2) is 48.5 Å². The lowest BCUT2D eigenvalue weighted by Crippen LogP contribution is -2.18. The van der Waals surface area contributed by atoms with E-state index in [-0.39, 0.29) is 11.5 Å². The van der Waals surface area contributed by atoms with Gasteiger partial charge in [-0.2, -0.15) is 0 Å². The molecule has 0 aliphatic carbocycles. The van der Waals surface area contributed by atoms with E-state index in [1.54, 1.807) is 18.2 Å². The predicted molar refractivity (Wildman–Crippen MR) is 75.5 cm³/mol. The highest BCUT2D eigenvalue weighted by atomic mass is 16.5. The van der Waals surface area contributed by atoms with E-state index in [2.05, 4.69) is 5.32 Å². The van der Waals surface area contributed by atoms with Crippen molar-refractivity contribution >= 4 is 23.8 Å². The molecule has 21 heavy (non-hydrogen) atoms. The summed E-state index contributed by atoms with van der Waals surface area (Å²) in [6, 6.07) is 12.3. The van der Waals surface area contributed by atoms with Gasteiger partial charge >= 0.3 is 0 Å². The Morgan fingerprint density at radius 3 is 2.29 bits per heavy atom. The van der Waals surface area contributed by atoms with E-state index in [4.69, 9.17) is 5.21 Å². The fourth-order valence-corrected chi connectivity index (χ4v) is 1.73. The molecule has 2 aromatic rings. The van der Waals surface area contributed by atoms with Crippen LogP contribution in [0.2, 0.25) is 0 Å². The van der Waals surface area contributed by atoms with Crippen molar-refractivity contribution in [3.05, 3.63) is 65.2 Å². The van der Waals surface area contributed by atoms with E-state index in [1.807, 2.05) is 0 Å². The van der Waals surface area contributed by atoms with Gasteiger partial charge in [0.1, 0.15) is 6.29 Å². The topological polar surface area (TPSA) is 95.5 Å². The summed E-state index contributed by atoms with van der Waals surface area (Å²) in [5.41, 5.74) is 3.05. The molecule has 0 unspecified atom stereocenters. The van der Waals surface area contributed by atoms with Gasteiger partial charge in [-0.05, 0) is 36.4 Å². The van der Waals surface area contributed by atoms with Crippen LogP contribution in [0.4, 0.5) is 5.69 Å². The van der Waals surface area contributed by atoms with E-state index >= 15 is 0 Å². The molecule has 2 aromatic carbocycles. The summed E-state index contributed by atoms with van der Waals surface area (Å²) in [4.78, 5) is 33.8. The minimum absolute atomic E-state index is 0.262. The normalized spacial score (nSPS) is 9.76. The molecule has 0 aliphatic heterocycles. The summed E-state index contributed by atoms with van der Waals surface area (Å²) >= 11 is 0. The number of amides is 2.